The number of nitrogens with one attached hydrogen (secondary N) is 1. The first-order valence-corrected chi connectivity index (χ1v) is 8.57. The van der Waals surface area contributed by atoms with Crippen LogP contribution in [-0.4, -0.2) is 30.7 Å². The fourth-order valence-electron chi connectivity index (χ4n) is 2.48. The van der Waals surface area contributed by atoms with Gasteiger partial charge in [0.25, 0.3) is 5.91 Å². The number of carbonyl (C=O) groups is 2. The molecule has 0 atom stereocenters. The monoisotopic (exact) mass is 371 g/mol. The smallest absolute Gasteiger partial charge is 0.342 e. The van der Waals surface area contributed by atoms with Crippen LogP contribution >= 0.6 is 0 Å². The van der Waals surface area contributed by atoms with E-state index in [2.05, 4.69) is 26.1 Å². The van der Waals surface area contributed by atoms with Crippen molar-refractivity contribution in [3.63, 3.8) is 0 Å². The molecule has 0 unspecified atom stereocenters. The minimum atomic E-state index is -0.762. The van der Waals surface area contributed by atoms with Crippen LogP contribution in [0.15, 0.2) is 36.4 Å². The summed E-state index contributed by atoms with van der Waals surface area (Å²) < 4.78 is 10.3. The lowest BCUT2D eigenvalue weighted by Crippen LogP contribution is -2.22. The van der Waals surface area contributed by atoms with E-state index < -0.39 is 18.5 Å². The predicted octanol–water partition coefficient (Wildman–Crippen LogP) is 3.80. The summed E-state index contributed by atoms with van der Waals surface area (Å²) in [6.45, 7) is 7.51. The zero-order valence-corrected chi connectivity index (χ0v) is 16.3. The summed E-state index contributed by atoms with van der Waals surface area (Å²) in [7, 11) is 1.52. The van der Waals surface area contributed by atoms with Crippen molar-refractivity contribution >= 4 is 17.6 Å². The summed E-state index contributed by atoms with van der Waals surface area (Å²) in [4.78, 5) is 24.3. The number of phenolic OH excluding ortho intramolecular Hbond substituents is 1. The molecule has 6 heteroatoms. The molecule has 0 heterocycles. The Kier molecular flexibility index (Phi) is 6.10. The number of hydrogen-bond acceptors (Lipinski definition) is 5. The molecule has 0 aliphatic carbocycles. The molecule has 2 N–H and O–H groups in total. The fraction of sp³-hybridized carbons (Fsp3) is 0.333. The molecule has 2 aromatic carbocycles. The molecule has 0 fully saturated rings. The first kappa shape index (κ1) is 20.3. The van der Waals surface area contributed by atoms with Crippen LogP contribution in [0, 0.1) is 6.92 Å². The van der Waals surface area contributed by atoms with Gasteiger partial charge in [-0.25, -0.2) is 4.79 Å². The number of hydrogen-bond donors (Lipinski definition) is 2. The number of methoxy groups -OCH3 is 1. The van der Waals surface area contributed by atoms with E-state index in [-0.39, 0.29) is 16.7 Å². The van der Waals surface area contributed by atoms with E-state index in [1.54, 1.807) is 19.1 Å². The highest BCUT2D eigenvalue weighted by atomic mass is 16.5. The van der Waals surface area contributed by atoms with Crippen LogP contribution in [0.4, 0.5) is 5.69 Å². The zero-order chi connectivity index (χ0) is 20.2. The van der Waals surface area contributed by atoms with E-state index in [0.717, 1.165) is 11.1 Å². The summed E-state index contributed by atoms with van der Waals surface area (Å²) in [5.74, 6) is -0.939. The van der Waals surface area contributed by atoms with Crippen molar-refractivity contribution in [1.82, 2.24) is 0 Å². The van der Waals surface area contributed by atoms with E-state index in [1.165, 1.54) is 19.2 Å². The first-order chi connectivity index (χ1) is 12.6. The average Bonchev–Trinajstić information content (AvgIpc) is 2.61. The highest BCUT2D eigenvalue weighted by molar-refractivity contribution is 5.97. The molecular weight excluding hydrogens is 346 g/mol. The van der Waals surface area contributed by atoms with Gasteiger partial charge in [-0.3, -0.25) is 4.79 Å². The van der Waals surface area contributed by atoms with Gasteiger partial charge in [0.05, 0.1) is 12.8 Å². The Morgan fingerprint density at radius 3 is 2.44 bits per heavy atom. The van der Waals surface area contributed by atoms with Crippen molar-refractivity contribution < 1.29 is 24.2 Å². The third-order valence-corrected chi connectivity index (χ3v) is 4.05. The normalized spacial score (nSPS) is 11.0. The fourth-order valence-corrected chi connectivity index (χ4v) is 2.48. The number of esters is 1. The van der Waals surface area contributed by atoms with Gasteiger partial charge in [-0.1, -0.05) is 38.5 Å². The predicted molar refractivity (Wildman–Crippen MR) is 103 cm³/mol. The lowest BCUT2D eigenvalue weighted by molar-refractivity contribution is -0.119. The topological polar surface area (TPSA) is 84.9 Å². The molecule has 27 heavy (non-hydrogen) atoms. The molecule has 0 aliphatic heterocycles. The van der Waals surface area contributed by atoms with Crippen molar-refractivity contribution in [3.8, 4) is 11.5 Å². The highest BCUT2D eigenvalue weighted by Gasteiger charge is 2.18. The van der Waals surface area contributed by atoms with Gasteiger partial charge >= 0.3 is 5.97 Å². The number of benzene rings is 2. The third kappa shape index (κ3) is 5.23. The van der Waals surface area contributed by atoms with Crippen molar-refractivity contribution in [1.29, 1.82) is 0 Å². The van der Waals surface area contributed by atoms with Gasteiger partial charge < -0.3 is 19.9 Å². The molecule has 0 aliphatic rings. The summed E-state index contributed by atoms with van der Waals surface area (Å²) in [6.07, 6.45) is 0. The van der Waals surface area contributed by atoms with E-state index in [1.807, 2.05) is 12.1 Å². The summed E-state index contributed by atoms with van der Waals surface area (Å²) in [6, 6.07) is 10.2. The maximum absolute atomic E-state index is 12.2. The van der Waals surface area contributed by atoms with Crippen LogP contribution < -0.4 is 10.1 Å². The molecular formula is C21H25NO5. The molecule has 0 saturated carbocycles. The first-order valence-electron chi connectivity index (χ1n) is 8.57. The largest absolute Gasteiger partial charge is 0.507 e. The number of rotatable bonds is 5. The molecule has 2 aromatic rings. The number of ether oxygens (including phenoxy) is 2. The Balaban J connectivity index is 2.07. The second-order valence-corrected chi connectivity index (χ2v) is 7.31. The molecule has 144 valence electrons. The van der Waals surface area contributed by atoms with Crippen LogP contribution in [-0.2, 0) is 14.9 Å². The van der Waals surface area contributed by atoms with Crippen LogP contribution in [0.2, 0.25) is 0 Å². The molecule has 0 spiro atoms. The zero-order valence-electron chi connectivity index (χ0n) is 16.3. The lowest BCUT2D eigenvalue weighted by atomic mass is 9.87. The molecule has 1 amide bonds. The minimum Gasteiger partial charge on any atom is -0.507 e. The van der Waals surface area contributed by atoms with Crippen molar-refractivity contribution in [2.24, 2.45) is 0 Å². The van der Waals surface area contributed by atoms with Crippen LogP contribution in [0.25, 0.3) is 0 Å². The van der Waals surface area contributed by atoms with Gasteiger partial charge in [-0.05, 0) is 42.2 Å². The Morgan fingerprint density at radius 2 is 1.81 bits per heavy atom. The average molecular weight is 371 g/mol. The molecule has 0 bridgehead atoms. The van der Waals surface area contributed by atoms with Gasteiger partial charge in [0, 0.05) is 0 Å². The Labute approximate surface area is 159 Å². The van der Waals surface area contributed by atoms with Crippen LogP contribution in [0.3, 0.4) is 0 Å². The van der Waals surface area contributed by atoms with E-state index in [4.69, 9.17) is 9.47 Å². The molecule has 0 saturated heterocycles. The van der Waals surface area contributed by atoms with Gasteiger partial charge in [-0.2, -0.15) is 0 Å². The molecule has 6 nitrogen and oxygen atoms in total. The third-order valence-electron chi connectivity index (χ3n) is 4.05. The maximum Gasteiger partial charge on any atom is 0.342 e. The number of amides is 1. The van der Waals surface area contributed by atoms with Crippen LogP contribution in [0.5, 0.6) is 11.5 Å². The summed E-state index contributed by atoms with van der Waals surface area (Å²) in [5, 5.41) is 12.5. The van der Waals surface area contributed by atoms with Gasteiger partial charge in [-0.15, -0.1) is 0 Å². The Bertz CT molecular complexity index is 852. The van der Waals surface area contributed by atoms with Crippen molar-refractivity contribution in [3.05, 3.63) is 53.1 Å². The van der Waals surface area contributed by atoms with Crippen molar-refractivity contribution in [2.75, 3.05) is 19.0 Å². The quantitative estimate of drug-likeness (QED) is 0.781. The molecule has 0 radical (unpaired) electrons. The standard InChI is InChI=1S/C21H25NO5/c1-13-6-8-17(23)15(10-13)20(25)27-12-19(24)22-16-11-14(21(2,3)4)7-9-18(16)26-5/h6-11,23H,12H2,1-5H3,(H,22,24). The maximum atomic E-state index is 12.2. The number of phenols is 1. The van der Waals surface area contributed by atoms with Gasteiger partial charge in [0.1, 0.15) is 17.1 Å². The number of aryl methyl sites for hydroxylation is 1. The second kappa shape index (κ2) is 8.12. The summed E-state index contributed by atoms with van der Waals surface area (Å²) in [5.41, 5.74) is 2.26. The lowest BCUT2D eigenvalue weighted by Gasteiger charge is -2.21. The van der Waals surface area contributed by atoms with Crippen molar-refractivity contribution in [2.45, 2.75) is 33.1 Å². The van der Waals surface area contributed by atoms with Gasteiger partial charge in [0.2, 0.25) is 0 Å². The summed E-state index contributed by atoms with van der Waals surface area (Å²) >= 11 is 0. The minimum absolute atomic E-state index is 0.0233. The van der Waals surface area contributed by atoms with E-state index >= 15 is 0 Å². The Hall–Kier alpha value is -3.02. The molecule has 0 aromatic heterocycles. The second-order valence-electron chi connectivity index (χ2n) is 7.31. The molecule has 2 rings (SSSR count). The number of aromatic hydroxyl groups is 1. The van der Waals surface area contributed by atoms with E-state index in [0.29, 0.717) is 11.4 Å². The SMILES string of the molecule is COc1ccc(C(C)(C)C)cc1NC(=O)COC(=O)c1cc(C)ccc1O. The van der Waals surface area contributed by atoms with E-state index in [9.17, 15) is 14.7 Å². The van der Waals surface area contributed by atoms with Gasteiger partial charge in [0.15, 0.2) is 6.61 Å². The highest BCUT2D eigenvalue weighted by Crippen LogP contribution is 2.31. The number of carbonyl (C=O) groups excluding carboxylic acids is 2. The number of anilines is 1. The van der Waals surface area contributed by atoms with Crippen LogP contribution in [0.1, 0.15) is 42.3 Å². The Morgan fingerprint density at radius 1 is 1.11 bits per heavy atom.